The molecule has 1 fully saturated rings. The minimum atomic E-state index is -1.17. The molecule has 1 aromatic carbocycles. The maximum Gasteiger partial charge on any atom is 0.337 e. The van der Waals surface area contributed by atoms with Gasteiger partial charge in [-0.25, -0.2) is 4.79 Å². The van der Waals surface area contributed by atoms with Crippen molar-refractivity contribution in [3.8, 4) is 17.0 Å². The number of carbonyl (C=O) groups is 1. The average Bonchev–Trinajstić information content (AvgIpc) is 2.87. The summed E-state index contributed by atoms with van der Waals surface area (Å²) in [6.45, 7) is 15.9. The van der Waals surface area contributed by atoms with Crippen LogP contribution in [0.25, 0.3) is 11.3 Å². The van der Waals surface area contributed by atoms with Gasteiger partial charge >= 0.3 is 5.97 Å². The molecule has 0 bridgehead atoms. The molecule has 0 radical (unpaired) electrons. The van der Waals surface area contributed by atoms with Crippen LogP contribution in [-0.2, 0) is 16.1 Å². The Bertz CT molecular complexity index is 1340. The molecule has 3 heterocycles. The fourth-order valence-corrected chi connectivity index (χ4v) is 5.28. The van der Waals surface area contributed by atoms with Gasteiger partial charge in [0, 0.05) is 46.7 Å². The number of rotatable bonds is 8. The fourth-order valence-electron chi connectivity index (χ4n) is 5.00. The molecule has 1 saturated heterocycles. The Morgan fingerprint density at radius 1 is 1.10 bits per heavy atom. The van der Waals surface area contributed by atoms with Gasteiger partial charge in [0.05, 0.1) is 23.2 Å². The molecule has 1 N–H and O–H groups in total. The predicted octanol–water partition coefficient (Wildman–Crippen LogP) is 7.56. The monoisotopic (exact) mass is 565 g/mol. The molecule has 0 unspecified atom stereocenters. The zero-order valence-electron chi connectivity index (χ0n) is 24.5. The van der Waals surface area contributed by atoms with Crippen LogP contribution in [0.2, 0.25) is 5.02 Å². The molecule has 40 heavy (non-hydrogen) atoms. The van der Waals surface area contributed by atoms with Crippen molar-refractivity contribution in [3.63, 3.8) is 0 Å². The van der Waals surface area contributed by atoms with Crippen molar-refractivity contribution in [2.45, 2.75) is 79.6 Å². The van der Waals surface area contributed by atoms with Gasteiger partial charge in [-0.05, 0) is 76.6 Å². The summed E-state index contributed by atoms with van der Waals surface area (Å²) < 4.78 is 12.1. The average molecular weight is 566 g/mol. The highest BCUT2D eigenvalue weighted by atomic mass is 35.5. The molecule has 0 saturated carbocycles. The van der Waals surface area contributed by atoms with Crippen molar-refractivity contribution in [1.82, 2.24) is 9.97 Å². The molecule has 0 spiro atoms. The van der Waals surface area contributed by atoms with Crippen LogP contribution in [0.4, 0.5) is 5.69 Å². The summed E-state index contributed by atoms with van der Waals surface area (Å²) in [6, 6.07) is 9.54. The normalized spacial score (nSPS) is 16.1. The Balaban J connectivity index is 1.74. The van der Waals surface area contributed by atoms with Crippen LogP contribution in [0.1, 0.15) is 75.9 Å². The number of nitrogens with zero attached hydrogens (tertiary/aromatic N) is 3. The van der Waals surface area contributed by atoms with E-state index < -0.39 is 17.7 Å². The molecular formula is C32H40ClN3O4. The fraction of sp³-hybridized carbons (Fsp3) is 0.469. The third kappa shape index (κ3) is 6.94. The maximum absolute atomic E-state index is 12.6. The lowest BCUT2D eigenvalue weighted by Gasteiger charge is -2.40. The molecular weight excluding hydrogens is 526 g/mol. The number of ether oxygens (including phenoxy) is 2. The third-order valence-electron chi connectivity index (χ3n) is 7.43. The Kier molecular flexibility index (Phi) is 8.76. The van der Waals surface area contributed by atoms with E-state index in [4.69, 9.17) is 26.1 Å². The van der Waals surface area contributed by atoms with E-state index in [0.717, 1.165) is 48.3 Å². The summed E-state index contributed by atoms with van der Waals surface area (Å²) in [6.07, 6.45) is 4.29. The number of benzene rings is 1. The van der Waals surface area contributed by atoms with E-state index in [-0.39, 0.29) is 5.41 Å². The zero-order chi connectivity index (χ0) is 29.2. The van der Waals surface area contributed by atoms with Crippen LogP contribution in [0, 0.1) is 19.3 Å². The largest absolute Gasteiger partial charge is 0.487 e. The second-order valence-corrected chi connectivity index (χ2v) is 12.7. The zero-order valence-corrected chi connectivity index (χ0v) is 25.3. The number of pyridine rings is 2. The molecule has 1 atom stereocenters. The second-order valence-electron chi connectivity index (χ2n) is 12.3. The second kappa shape index (κ2) is 11.8. The smallest absolute Gasteiger partial charge is 0.337 e. The van der Waals surface area contributed by atoms with E-state index in [9.17, 15) is 9.90 Å². The number of halogens is 1. The number of piperidine rings is 1. The molecule has 1 aliphatic heterocycles. The van der Waals surface area contributed by atoms with Gasteiger partial charge in [-0.15, -0.1) is 0 Å². The number of anilines is 1. The van der Waals surface area contributed by atoms with E-state index in [1.165, 1.54) is 0 Å². The Morgan fingerprint density at radius 2 is 1.80 bits per heavy atom. The summed E-state index contributed by atoms with van der Waals surface area (Å²) in [4.78, 5) is 24.2. The van der Waals surface area contributed by atoms with Crippen molar-refractivity contribution in [2.75, 3.05) is 18.0 Å². The number of carboxylic acid groups (broad SMARTS) is 1. The minimum absolute atomic E-state index is 0.226. The molecule has 1 aliphatic rings. The highest BCUT2D eigenvalue weighted by Crippen LogP contribution is 2.43. The molecule has 8 heteroatoms. The Hall–Kier alpha value is -3.16. The summed E-state index contributed by atoms with van der Waals surface area (Å²) in [5, 5.41) is 11.0. The number of hydrogen-bond acceptors (Lipinski definition) is 6. The first-order valence-electron chi connectivity index (χ1n) is 13.7. The summed E-state index contributed by atoms with van der Waals surface area (Å²) in [5.74, 6) is -0.425. The molecule has 0 amide bonds. The highest BCUT2D eigenvalue weighted by Gasteiger charge is 2.36. The summed E-state index contributed by atoms with van der Waals surface area (Å²) in [7, 11) is 0. The van der Waals surface area contributed by atoms with Gasteiger partial charge in [-0.1, -0.05) is 37.6 Å². The van der Waals surface area contributed by atoms with Crippen LogP contribution in [0.3, 0.4) is 0 Å². The van der Waals surface area contributed by atoms with Crippen LogP contribution in [0.5, 0.6) is 5.75 Å². The first-order valence-corrected chi connectivity index (χ1v) is 14.1. The van der Waals surface area contributed by atoms with Crippen LogP contribution in [-0.4, -0.2) is 39.7 Å². The minimum Gasteiger partial charge on any atom is -0.487 e. The first kappa shape index (κ1) is 29.8. The Labute approximate surface area is 242 Å². The van der Waals surface area contributed by atoms with Gasteiger partial charge in [0.1, 0.15) is 12.4 Å². The van der Waals surface area contributed by atoms with Crippen LogP contribution >= 0.6 is 11.6 Å². The van der Waals surface area contributed by atoms with E-state index in [1.807, 2.05) is 65.0 Å². The molecule has 0 aliphatic carbocycles. The number of carboxylic acids is 1. The van der Waals surface area contributed by atoms with Crippen molar-refractivity contribution < 1.29 is 19.4 Å². The van der Waals surface area contributed by atoms with Gasteiger partial charge in [0.2, 0.25) is 0 Å². The lowest BCUT2D eigenvalue weighted by Crippen LogP contribution is -2.39. The first-order chi connectivity index (χ1) is 18.8. The van der Waals surface area contributed by atoms with Crippen molar-refractivity contribution in [3.05, 3.63) is 70.1 Å². The third-order valence-corrected chi connectivity index (χ3v) is 7.78. The molecule has 3 aromatic rings. The molecule has 214 valence electrons. The number of hydrogen-bond donors (Lipinski definition) is 1. The number of aryl methyl sites for hydroxylation is 2. The number of aliphatic carboxylic acids is 1. The van der Waals surface area contributed by atoms with Gasteiger partial charge in [0.25, 0.3) is 0 Å². The lowest BCUT2D eigenvalue weighted by atomic mass is 9.82. The predicted molar refractivity (Wildman–Crippen MR) is 159 cm³/mol. The number of aromatic nitrogens is 2. The van der Waals surface area contributed by atoms with E-state index in [2.05, 4.69) is 23.7 Å². The van der Waals surface area contributed by atoms with Gasteiger partial charge in [-0.3, -0.25) is 9.97 Å². The SMILES string of the molecule is Cc1cccc(Cl)c1COc1ccc(-c2cnc(C)c([C@H](OC(C)(C)C)C(=O)O)c2N2CCC(C)(C)CC2)nc1. The van der Waals surface area contributed by atoms with Crippen molar-refractivity contribution in [2.24, 2.45) is 5.41 Å². The van der Waals surface area contributed by atoms with Crippen LogP contribution in [0.15, 0.2) is 42.7 Å². The topological polar surface area (TPSA) is 84.8 Å². The maximum atomic E-state index is 12.6. The standard InChI is InChI=1S/C32H40ClN3O4/c1-20-9-8-10-25(33)24(20)19-39-22-11-12-26(35-17-22)23-18-34-21(2)27(29(30(37)38)40-31(3,4)5)28(23)36-15-13-32(6,7)14-16-36/h8-12,17-18,29H,13-16,19H2,1-7H3,(H,37,38)/t29-/m0/s1. The van der Waals surface area contributed by atoms with E-state index >= 15 is 0 Å². The van der Waals surface area contributed by atoms with Gasteiger partial charge in [-0.2, -0.15) is 0 Å². The van der Waals surface area contributed by atoms with Crippen molar-refractivity contribution >= 4 is 23.3 Å². The van der Waals surface area contributed by atoms with E-state index in [1.54, 1.807) is 12.4 Å². The van der Waals surface area contributed by atoms with Gasteiger partial charge in [0.15, 0.2) is 6.10 Å². The molecule has 4 rings (SSSR count). The van der Waals surface area contributed by atoms with Crippen molar-refractivity contribution in [1.29, 1.82) is 0 Å². The molecule has 7 nitrogen and oxygen atoms in total. The Morgan fingerprint density at radius 3 is 2.38 bits per heavy atom. The van der Waals surface area contributed by atoms with Gasteiger partial charge < -0.3 is 19.5 Å². The van der Waals surface area contributed by atoms with Crippen LogP contribution < -0.4 is 9.64 Å². The summed E-state index contributed by atoms with van der Waals surface area (Å²) in [5.41, 5.74) is 5.07. The highest BCUT2D eigenvalue weighted by molar-refractivity contribution is 6.31. The lowest BCUT2D eigenvalue weighted by molar-refractivity contribution is -0.160. The van der Waals surface area contributed by atoms with E-state index in [0.29, 0.717) is 34.3 Å². The molecule has 2 aromatic heterocycles. The summed E-state index contributed by atoms with van der Waals surface area (Å²) >= 11 is 6.37. The quantitative estimate of drug-likeness (QED) is 0.301.